The lowest BCUT2D eigenvalue weighted by Crippen LogP contribution is -2.16. The van der Waals surface area contributed by atoms with Crippen LogP contribution in [0.5, 0.6) is 0 Å². The van der Waals surface area contributed by atoms with Gasteiger partial charge in [-0.25, -0.2) is 0 Å². The molecule has 0 spiro atoms. The first kappa shape index (κ1) is 9.76. The Bertz CT molecular complexity index is 394. The molecule has 5 heteroatoms. The van der Waals surface area contributed by atoms with Crippen molar-refractivity contribution in [2.75, 3.05) is 7.05 Å². The Morgan fingerprint density at radius 3 is 2.86 bits per heavy atom. The summed E-state index contributed by atoms with van der Waals surface area (Å²) in [7, 11) is 1.96. The van der Waals surface area contributed by atoms with Crippen LogP contribution in [0, 0.1) is 6.92 Å². The van der Waals surface area contributed by atoms with Crippen LogP contribution in [0.3, 0.4) is 0 Å². The summed E-state index contributed by atoms with van der Waals surface area (Å²) < 4.78 is 3.89. The molecule has 2 rings (SSSR count). The smallest absolute Gasteiger partial charge is 0.0711 e. The monoisotopic (exact) mass is 225 g/mol. The highest BCUT2D eigenvalue weighted by molar-refractivity contribution is 7.10. The lowest BCUT2D eigenvalue weighted by molar-refractivity contribution is 0.701. The fourth-order valence-corrected chi connectivity index (χ4v) is 2.82. The van der Waals surface area contributed by atoms with Crippen LogP contribution < -0.4 is 5.32 Å². The molecule has 0 fully saturated rings. The summed E-state index contributed by atoms with van der Waals surface area (Å²) in [5, 5.41) is 9.26. The van der Waals surface area contributed by atoms with Gasteiger partial charge in [-0.15, -0.1) is 16.4 Å². The molecule has 0 aliphatic carbocycles. The maximum absolute atomic E-state index is 3.89. The van der Waals surface area contributed by atoms with Gasteiger partial charge in [-0.1, -0.05) is 4.49 Å². The maximum atomic E-state index is 3.89. The van der Waals surface area contributed by atoms with E-state index >= 15 is 0 Å². The number of thiophene rings is 1. The highest BCUT2D eigenvalue weighted by Gasteiger charge is 2.16. The van der Waals surface area contributed by atoms with Crippen molar-refractivity contribution in [1.29, 1.82) is 0 Å². The van der Waals surface area contributed by atoms with E-state index < -0.39 is 0 Å². The first-order valence-electron chi connectivity index (χ1n) is 4.31. The maximum Gasteiger partial charge on any atom is 0.0711 e. The fraction of sp³-hybridized carbons (Fsp3) is 0.333. The lowest BCUT2D eigenvalue weighted by Gasteiger charge is -2.12. The second kappa shape index (κ2) is 4.16. The van der Waals surface area contributed by atoms with Crippen molar-refractivity contribution in [3.8, 4) is 0 Å². The van der Waals surface area contributed by atoms with Crippen molar-refractivity contribution in [2.45, 2.75) is 13.0 Å². The van der Waals surface area contributed by atoms with Gasteiger partial charge in [0.15, 0.2) is 0 Å². The van der Waals surface area contributed by atoms with Gasteiger partial charge >= 0.3 is 0 Å². The van der Waals surface area contributed by atoms with Crippen LogP contribution in [-0.2, 0) is 0 Å². The van der Waals surface area contributed by atoms with E-state index in [0.29, 0.717) is 0 Å². The molecular formula is C9H11N3S2. The number of hydrogen-bond donors (Lipinski definition) is 1. The number of aryl methyl sites for hydroxylation is 1. The van der Waals surface area contributed by atoms with Gasteiger partial charge in [-0.3, -0.25) is 0 Å². The van der Waals surface area contributed by atoms with Gasteiger partial charge < -0.3 is 5.32 Å². The van der Waals surface area contributed by atoms with Crippen LogP contribution in [0.15, 0.2) is 17.6 Å². The summed E-state index contributed by atoms with van der Waals surface area (Å²) in [6, 6.07) is 2.39. The van der Waals surface area contributed by atoms with Crippen molar-refractivity contribution < 1.29 is 0 Å². The average molecular weight is 225 g/mol. The van der Waals surface area contributed by atoms with Gasteiger partial charge in [0.05, 0.1) is 17.1 Å². The molecule has 1 unspecified atom stereocenters. The summed E-state index contributed by atoms with van der Waals surface area (Å²) >= 11 is 3.21. The zero-order valence-electron chi connectivity index (χ0n) is 8.02. The third kappa shape index (κ3) is 1.70. The van der Waals surface area contributed by atoms with Crippen molar-refractivity contribution in [3.05, 3.63) is 33.0 Å². The van der Waals surface area contributed by atoms with E-state index in [1.807, 2.05) is 13.2 Å². The number of rotatable bonds is 3. The quantitative estimate of drug-likeness (QED) is 0.870. The van der Waals surface area contributed by atoms with E-state index in [9.17, 15) is 0 Å². The third-order valence-corrected chi connectivity index (χ3v) is 3.75. The first-order valence-corrected chi connectivity index (χ1v) is 5.96. The van der Waals surface area contributed by atoms with Gasteiger partial charge in [0.2, 0.25) is 0 Å². The fourth-order valence-electron chi connectivity index (χ4n) is 1.45. The highest BCUT2D eigenvalue weighted by Crippen LogP contribution is 2.28. The zero-order chi connectivity index (χ0) is 9.97. The molecule has 2 heterocycles. The molecule has 3 nitrogen and oxygen atoms in total. The van der Waals surface area contributed by atoms with Gasteiger partial charge in [-0.05, 0) is 42.5 Å². The number of aromatic nitrogens is 2. The Kier molecular flexibility index (Phi) is 2.90. The molecule has 0 aliphatic rings. The summed E-state index contributed by atoms with van der Waals surface area (Å²) in [6.45, 7) is 2.14. The Morgan fingerprint density at radius 1 is 1.50 bits per heavy atom. The minimum Gasteiger partial charge on any atom is -0.309 e. The summed E-state index contributed by atoms with van der Waals surface area (Å²) in [6.07, 6.45) is 1.82. The van der Waals surface area contributed by atoms with Crippen molar-refractivity contribution in [2.24, 2.45) is 0 Å². The van der Waals surface area contributed by atoms with Gasteiger partial charge in [-0.2, -0.15) is 0 Å². The molecule has 1 N–H and O–H groups in total. The molecule has 0 amide bonds. The molecule has 0 radical (unpaired) electrons. The van der Waals surface area contributed by atoms with Gasteiger partial charge in [0.25, 0.3) is 0 Å². The number of nitrogens with zero attached hydrogens (tertiary/aromatic N) is 2. The minimum atomic E-state index is 0.237. The number of hydrogen-bond acceptors (Lipinski definition) is 5. The largest absolute Gasteiger partial charge is 0.309 e. The summed E-state index contributed by atoms with van der Waals surface area (Å²) in [4.78, 5) is 2.51. The summed E-state index contributed by atoms with van der Waals surface area (Å²) in [5.41, 5.74) is 1.32. The molecule has 2 aromatic heterocycles. The van der Waals surface area contributed by atoms with E-state index in [1.54, 1.807) is 11.3 Å². The first-order chi connectivity index (χ1) is 6.83. The predicted octanol–water partition coefficient (Wildman–Crippen LogP) is 2.22. The van der Waals surface area contributed by atoms with Gasteiger partial charge in [0, 0.05) is 4.88 Å². The van der Waals surface area contributed by atoms with E-state index in [2.05, 4.69) is 33.3 Å². The second-order valence-electron chi connectivity index (χ2n) is 2.97. The molecule has 0 saturated heterocycles. The Morgan fingerprint density at radius 2 is 2.36 bits per heavy atom. The molecule has 14 heavy (non-hydrogen) atoms. The lowest BCUT2D eigenvalue weighted by atomic mass is 10.1. The molecule has 1 atom stereocenters. The van der Waals surface area contributed by atoms with Crippen LogP contribution in [0.2, 0.25) is 0 Å². The Labute approximate surface area is 91.0 Å². The second-order valence-corrected chi connectivity index (χ2v) is 4.91. The molecule has 0 bridgehead atoms. The topological polar surface area (TPSA) is 37.8 Å². The molecule has 0 aliphatic heterocycles. The molecule has 0 aromatic carbocycles. The SMILES string of the molecule is CNC(c1cnns1)c1ccsc1C. The third-order valence-electron chi connectivity index (χ3n) is 2.16. The van der Waals surface area contributed by atoms with Gasteiger partial charge in [0.1, 0.15) is 0 Å². The minimum absolute atomic E-state index is 0.237. The molecule has 2 aromatic rings. The van der Waals surface area contributed by atoms with E-state index in [1.165, 1.54) is 22.0 Å². The average Bonchev–Trinajstić information content (AvgIpc) is 2.80. The van der Waals surface area contributed by atoms with E-state index in [0.717, 1.165) is 4.88 Å². The molecule has 0 saturated carbocycles. The highest BCUT2D eigenvalue weighted by atomic mass is 32.1. The van der Waals surface area contributed by atoms with Crippen LogP contribution in [0.1, 0.15) is 21.4 Å². The Hall–Kier alpha value is -0.780. The van der Waals surface area contributed by atoms with Crippen molar-refractivity contribution in [1.82, 2.24) is 14.9 Å². The van der Waals surface area contributed by atoms with Crippen LogP contribution in [0.25, 0.3) is 0 Å². The standard InChI is InChI=1S/C9H11N3S2/c1-6-7(3-4-13-6)9(10-2)8-5-11-12-14-8/h3-5,9-10H,1-2H3. The van der Waals surface area contributed by atoms with Crippen molar-refractivity contribution in [3.63, 3.8) is 0 Å². The number of nitrogens with one attached hydrogen (secondary N) is 1. The predicted molar refractivity (Wildman–Crippen MR) is 59.9 cm³/mol. The Balaban J connectivity index is 2.36. The zero-order valence-corrected chi connectivity index (χ0v) is 9.65. The summed E-state index contributed by atoms with van der Waals surface area (Å²) in [5.74, 6) is 0. The van der Waals surface area contributed by atoms with E-state index in [-0.39, 0.29) is 6.04 Å². The van der Waals surface area contributed by atoms with Crippen molar-refractivity contribution >= 4 is 22.9 Å². The normalized spacial score (nSPS) is 13.0. The molecular weight excluding hydrogens is 214 g/mol. The van der Waals surface area contributed by atoms with Crippen LogP contribution in [0.4, 0.5) is 0 Å². The molecule has 74 valence electrons. The van der Waals surface area contributed by atoms with Crippen LogP contribution in [-0.4, -0.2) is 16.6 Å². The van der Waals surface area contributed by atoms with E-state index in [4.69, 9.17) is 0 Å². The van der Waals surface area contributed by atoms with Crippen LogP contribution >= 0.6 is 22.9 Å².